The number of nitrogens with two attached hydrogens (primary N) is 1. The van der Waals surface area contributed by atoms with Crippen LogP contribution in [0, 0.1) is 6.92 Å². The van der Waals surface area contributed by atoms with Crippen LogP contribution in [0.3, 0.4) is 0 Å². The molecule has 0 aliphatic rings. The molecule has 5 nitrogen and oxygen atoms in total. The summed E-state index contributed by atoms with van der Waals surface area (Å²) in [5.74, 6) is 1.45. The van der Waals surface area contributed by atoms with Gasteiger partial charge in [0.1, 0.15) is 11.5 Å². The summed E-state index contributed by atoms with van der Waals surface area (Å²) in [7, 11) is 0. The number of hydrogen-bond donors (Lipinski definition) is 1. The van der Waals surface area contributed by atoms with Crippen LogP contribution in [0.5, 0.6) is 0 Å². The lowest BCUT2D eigenvalue weighted by atomic mass is 10.1. The van der Waals surface area contributed by atoms with Gasteiger partial charge in [0, 0.05) is 6.42 Å². The van der Waals surface area contributed by atoms with Crippen molar-refractivity contribution in [1.82, 2.24) is 15.1 Å². The smallest absolute Gasteiger partial charge is 0.276 e. The first kappa shape index (κ1) is 12.3. The molecule has 1 aromatic carbocycles. The van der Waals surface area contributed by atoms with Crippen molar-refractivity contribution in [2.45, 2.75) is 13.3 Å². The molecule has 2 N–H and O–H groups in total. The van der Waals surface area contributed by atoms with Gasteiger partial charge in [0.25, 0.3) is 5.89 Å². The van der Waals surface area contributed by atoms with Gasteiger partial charge in [0.05, 0.1) is 0 Å². The minimum Gasteiger partial charge on any atom is -0.384 e. The normalized spacial score (nSPS) is 10.7. The molecule has 0 atom stereocenters. The van der Waals surface area contributed by atoms with Gasteiger partial charge in [-0.05, 0) is 24.6 Å². The maximum atomic E-state index is 5.64. The molecule has 0 bridgehead atoms. The molecule has 100 valence electrons. The first-order chi connectivity index (χ1) is 9.70. The Bertz CT molecular complexity index is 736. The van der Waals surface area contributed by atoms with E-state index in [-0.39, 0.29) is 0 Å². The lowest BCUT2D eigenvalue weighted by Crippen LogP contribution is -1.93. The number of nitrogens with zero attached hydrogens (tertiary/aromatic N) is 3. The Kier molecular flexibility index (Phi) is 3.16. The number of rotatable bonds is 3. The topological polar surface area (TPSA) is 77.8 Å². The van der Waals surface area contributed by atoms with Crippen LogP contribution in [0.2, 0.25) is 0 Å². The maximum Gasteiger partial charge on any atom is 0.276 e. The van der Waals surface area contributed by atoms with E-state index < -0.39 is 0 Å². The van der Waals surface area contributed by atoms with Gasteiger partial charge < -0.3 is 10.3 Å². The van der Waals surface area contributed by atoms with Gasteiger partial charge in [0.2, 0.25) is 0 Å². The molecule has 2 aromatic heterocycles. The summed E-state index contributed by atoms with van der Waals surface area (Å²) in [6.45, 7) is 2.06. The highest BCUT2D eigenvalue weighted by molar-refractivity contribution is 5.50. The van der Waals surface area contributed by atoms with Crippen molar-refractivity contribution in [3.63, 3.8) is 0 Å². The predicted octanol–water partition coefficient (Wildman–Crippen LogP) is 2.61. The van der Waals surface area contributed by atoms with Crippen molar-refractivity contribution in [3.8, 4) is 11.6 Å². The summed E-state index contributed by atoms with van der Waals surface area (Å²) in [5.41, 5.74) is 8.60. The summed E-state index contributed by atoms with van der Waals surface area (Å²) in [4.78, 5) is 8.51. The van der Waals surface area contributed by atoms with Crippen LogP contribution in [0.1, 0.15) is 17.0 Å². The average molecular weight is 266 g/mol. The molecule has 0 unspecified atom stereocenters. The van der Waals surface area contributed by atoms with Crippen molar-refractivity contribution in [1.29, 1.82) is 0 Å². The molecule has 5 heteroatoms. The van der Waals surface area contributed by atoms with E-state index in [4.69, 9.17) is 10.3 Å². The third kappa shape index (κ3) is 2.66. The van der Waals surface area contributed by atoms with Gasteiger partial charge in [-0.15, -0.1) is 0 Å². The highest BCUT2D eigenvalue weighted by atomic mass is 16.5. The van der Waals surface area contributed by atoms with Gasteiger partial charge in [-0.25, -0.2) is 4.98 Å². The van der Waals surface area contributed by atoms with E-state index in [2.05, 4.69) is 34.2 Å². The Morgan fingerprint density at radius 2 is 1.95 bits per heavy atom. The maximum absolute atomic E-state index is 5.64. The van der Waals surface area contributed by atoms with Crippen LogP contribution < -0.4 is 5.73 Å². The molecule has 0 fully saturated rings. The van der Waals surface area contributed by atoms with Crippen molar-refractivity contribution in [2.75, 3.05) is 5.73 Å². The second-order valence-electron chi connectivity index (χ2n) is 4.63. The van der Waals surface area contributed by atoms with Crippen LogP contribution in [-0.2, 0) is 6.42 Å². The van der Waals surface area contributed by atoms with E-state index in [0.717, 1.165) is 5.56 Å². The van der Waals surface area contributed by atoms with Crippen LogP contribution >= 0.6 is 0 Å². The number of aryl methyl sites for hydroxylation is 1. The standard InChI is InChI=1S/C15H14N4O/c1-10-4-2-5-11(8-10)9-14-18-15(20-19-14)12-6-3-7-13(16)17-12/h2-8H,9H2,1H3,(H2,16,17). The van der Waals surface area contributed by atoms with E-state index in [1.807, 2.05) is 18.2 Å². The highest BCUT2D eigenvalue weighted by Gasteiger charge is 2.10. The number of hydrogen-bond acceptors (Lipinski definition) is 5. The predicted molar refractivity (Wildman–Crippen MR) is 75.9 cm³/mol. The molecule has 2 heterocycles. The Hall–Kier alpha value is -2.69. The summed E-state index contributed by atoms with van der Waals surface area (Å²) in [5, 5.41) is 3.98. The Balaban J connectivity index is 1.84. The van der Waals surface area contributed by atoms with Gasteiger partial charge in [-0.1, -0.05) is 41.1 Å². The fourth-order valence-electron chi connectivity index (χ4n) is 2.01. The third-order valence-corrected chi connectivity index (χ3v) is 2.90. The van der Waals surface area contributed by atoms with Crippen LogP contribution in [0.15, 0.2) is 47.0 Å². The van der Waals surface area contributed by atoms with Gasteiger partial charge in [-0.2, -0.15) is 4.98 Å². The van der Waals surface area contributed by atoms with Crippen molar-refractivity contribution >= 4 is 5.82 Å². The monoisotopic (exact) mass is 266 g/mol. The fourth-order valence-corrected chi connectivity index (χ4v) is 2.01. The average Bonchev–Trinajstić information content (AvgIpc) is 2.87. The van der Waals surface area contributed by atoms with Crippen molar-refractivity contribution in [3.05, 3.63) is 59.4 Å². The number of nitrogen functional groups attached to an aromatic ring is 1. The zero-order valence-electron chi connectivity index (χ0n) is 11.1. The van der Waals surface area contributed by atoms with Crippen molar-refractivity contribution in [2.24, 2.45) is 0 Å². The molecule has 0 aliphatic heterocycles. The van der Waals surface area contributed by atoms with Crippen LogP contribution in [0.25, 0.3) is 11.6 Å². The molecule has 3 rings (SSSR count). The highest BCUT2D eigenvalue weighted by Crippen LogP contribution is 2.17. The number of benzene rings is 1. The lowest BCUT2D eigenvalue weighted by Gasteiger charge is -1.98. The summed E-state index contributed by atoms with van der Waals surface area (Å²) in [6.07, 6.45) is 0.632. The van der Waals surface area contributed by atoms with Crippen LogP contribution in [0.4, 0.5) is 5.82 Å². The zero-order chi connectivity index (χ0) is 13.9. The first-order valence-corrected chi connectivity index (χ1v) is 6.32. The minimum absolute atomic E-state index is 0.389. The van der Waals surface area contributed by atoms with E-state index in [1.54, 1.807) is 12.1 Å². The summed E-state index contributed by atoms with van der Waals surface area (Å²) < 4.78 is 5.23. The fraction of sp³-hybridized carbons (Fsp3) is 0.133. The van der Waals surface area contributed by atoms with Crippen LogP contribution in [-0.4, -0.2) is 15.1 Å². The number of aromatic nitrogens is 3. The molecular formula is C15H14N4O. The SMILES string of the molecule is Cc1cccc(Cc2noc(-c3cccc(N)n3)n2)c1. The molecule has 0 aliphatic carbocycles. The minimum atomic E-state index is 0.389. The molecule has 0 spiro atoms. The summed E-state index contributed by atoms with van der Waals surface area (Å²) >= 11 is 0. The van der Waals surface area contributed by atoms with E-state index in [9.17, 15) is 0 Å². The molecule has 0 saturated heterocycles. The third-order valence-electron chi connectivity index (χ3n) is 2.90. The molecule has 20 heavy (non-hydrogen) atoms. The second kappa shape index (κ2) is 5.13. The summed E-state index contributed by atoms with van der Waals surface area (Å²) in [6, 6.07) is 13.5. The Morgan fingerprint density at radius 1 is 1.10 bits per heavy atom. The largest absolute Gasteiger partial charge is 0.384 e. The second-order valence-corrected chi connectivity index (χ2v) is 4.63. The molecule has 0 radical (unpaired) electrons. The van der Waals surface area contributed by atoms with Gasteiger partial charge in [-0.3, -0.25) is 0 Å². The van der Waals surface area contributed by atoms with E-state index in [0.29, 0.717) is 29.6 Å². The Morgan fingerprint density at radius 3 is 2.75 bits per heavy atom. The molecular weight excluding hydrogens is 252 g/mol. The number of pyridine rings is 1. The molecule has 0 amide bonds. The molecule has 0 saturated carbocycles. The zero-order valence-corrected chi connectivity index (χ0v) is 11.1. The Labute approximate surface area is 116 Å². The van der Waals surface area contributed by atoms with Gasteiger partial charge >= 0.3 is 0 Å². The molecule has 3 aromatic rings. The van der Waals surface area contributed by atoms with E-state index >= 15 is 0 Å². The lowest BCUT2D eigenvalue weighted by molar-refractivity contribution is 0.422. The first-order valence-electron chi connectivity index (χ1n) is 6.32. The quantitative estimate of drug-likeness (QED) is 0.788. The van der Waals surface area contributed by atoms with Crippen molar-refractivity contribution < 1.29 is 4.52 Å². The van der Waals surface area contributed by atoms with Gasteiger partial charge in [0.15, 0.2) is 5.82 Å². The number of anilines is 1. The van der Waals surface area contributed by atoms with E-state index in [1.165, 1.54) is 5.56 Å².